The SMILES string of the molecule is O=C(CC1CC1)c1ccc2c(c1)-c1ccccc1C2. The van der Waals surface area contributed by atoms with E-state index in [1.165, 1.54) is 35.1 Å². The summed E-state index contributed by atoms with van der Waals surface area (Å²) in [6, 6.07) is 14.8. The third kappa shape index (κ3) is 1.90. The Morgan fingerprint density at radius 1 is 1.00 bits per heavy atom. The van der Waals surface area contributed by atoms with Crippen LogP contribution in [0.1, 0.15) is 40.7 Å². The number of rotatable bonds is 3. The van der Waals surface area contributed by atoms with Crippen LogP contribution in [0.4, 0.5) is 0 Å². The van der Waals surface area contributed by atoms with Gasteiger partial charge in [-0.1, -0.05) is 36.4 Å². The summed E-state index contributed by atoms with van der Waals surface area (Å²) in [6.07, 6.45) is 4.21. The summed E-state index contributed by atoms with van der Waals surface area (Å²) in [5.41, 5.74) is 6.19. The van der Waals surface area contributed by atoms with Crippen LogP contribution in [-0.2, 0) is 6.42 Å². The lowest BCUT2D eigenvalue weighted by atomic mass is 9.99. The molecule has 19 heavy (non-hydrogen) atoms. The Hall–Kier alpha value is -1.89. The average Bonchev–Trinajstić information content (AvgIpc) is 3.17. The van der Waals surface area contributed by atoms with Crippen LogP contribution in [-0.4, -0.2) is 5.78 Å². The lowest BCUT2D eigenvalue weighted by Crippen LogP contribution is -2.00. The van der Waals surface area contributed by atoms with E-state index in [0.717, 1.165) is 18.4 Å². The lowest BCUT2D eigenvalue weighted by molar-refractivity contribution is 0.0976. The number of carbonyl (C=O) groups excluding carboxylic acids is 1. The maximum Gasteiger partial charge on any atom is 0.163 e. The molecule has 0 bridgehead atoms. The first-order valence-corrected chi connectivity index (χ1v) is 7.05. The number of benzene rings is 2. The molecule has 94 valence electrons. The van der Waals surface area contributed by atoms with Crippen LogP contribution < -0.4 is 0 Å². The van der Waals surface area contributed by atoms with Gasteiger partial charge in [0.1, 0.15) is 0 Å². The average molecular weight is 248 g/mol. The van der Waals surface area contributed by atoms with E-state index in [-0.39, 0.29) is 0 Å². The molecular weight excluding hydrogens is 232 g/mol. The molecule has 0 amide bonds. The first kappa shape index (κ1) is 11.0. The molecule has 2 aliphatic carbocycles. The molecule has 1 fully saturated rings. The number of ketones is 1. The van der Waals surface area contributed by atoms with Gasteiger partial charge in [-0.05, 0) is 53.5 Å². The van der Waals surface area contributed by atoms with E-state index >= 15 is 0 Å². The largest absolute Gasteiger partial charge is 0.294 e. The van der Waals surface area contributed by atoms with Crippen molar-refractivity contribution in [3.8, 4) is 11.1 Å². The van der Waals surface area contributed by atoms with Crippen molar-refractivity contribution in [3.05, 3.63) is 59.2 Å². The zero-order valence-corrected chi connectivity index (χ0v) is 10.9. The van der Waals surface area contributed by atoms with Gasteiger partial charge in [-0.2, -0.15) is 0 Å². The van der Waals surface area contributed by atoms with Gasteiger partial charge < -0.3 is 0 Å². The zero-order valence-electron chi connectivity index (χ0n) is 10.9. The first-order chi connectivity index (χ1) is 9.31. The molecule has 2 aromatic rings. The Morgan fingerprint density at radius 2 is 1.79 bits per heavy atom. The van der Waals surface area contributed by atoms with Gasteiger partial charge in [0.25, 0.3) is 0 Å². The van der Waals surface area contributed by atoms with Crippen LogP contribution in [0, 0.1) is 5.92 Å². The molecule has 4 rings (SSSR count). The Morgan fingerprint density at radius 3 is 2.63 bits per heavy atom. The molecule has 0 atom stereocenters. The molecule has 0 N–H and O–H groups in total. The molecule has 0 radical (unpaired) electrons. The molecule has 0 aliphatic heterocycles. The highest BCUT2D eigenvalue weighted by atomic mass is 16.1. The van der Waals surface area contributed by atoms with Crippen molar-refractivity contribution >= 4 is 5.78 Å². The van der Waals surface area contributed by atoms with Crippen molar-refractivity contribution in [1.82, 2.24) is 0 Å². The molecule has 1 nitrogen and oxygen atoms in total. The Labute approximate surface area is 113 Å². The highest BCUT2D eigenvalue weighted by molar-refractivity contribution is 5.98. The molecule has 2 aliphatic rings. The lowest BCUT2D eigenvalue weighted by Gasteiger charge is -2.05. The minimum atomic E-state index is 0.315. The third-order valence-corrected chi connectivity index (χ3v) is 4.29. The van der Waals surface area contributed by atoms with E-state index in [0.29, 0.717) is 11.7 Å². The zero-order chi connectivity index (χ0) is 12.8. The maximum absolute atomic E-state index is 12.2. The van der Waals surface area contributed by atoms with Crippen LogP contribution in [0.15, 0.2) is 42.5 Å². The molecule has 2 aromatic carbocycles. The summed E-state index contributed by atoms with van der Waals surface area (Å²) < 4.78 is 0. The summed E-state index contributed by atoms with van der Waals surface area (Å²) in [6.45, 7) is 0. The van der Waals surface area contributed by atoms with Crippen LogP contribution in [0.2, 0.25) is 0 Å². The fourth-order valence-electron chi connectivity index (χ4n) is 3.00. The number of fused-ring (bicyclic) bond motifs is 3. The summed E-state index contributed by atoms with van der Waals surface area (Å²) in [7, 11) is 0. The van der Waals surface area contributed by atoms with Crippen molar-refractivity contribution in [2.24, 2.45) is 5.92 Å². The summed E-state index contributed by atoms with van der Waals surface area (Å²) in [5, 5.41) is 0. The van der Waals surface area contributed by atoms with Gasteiger partial charge in [-0.3, -0.25) is 4.79 Å². The van der Waals surface area contributed by atoms with Crippen molar-refractivity contribution in [3.63, 3.8) is 0 Å². The van der Waals surface area contributed by atoms with E-state index in [2.05, 4.69) is 36.4 Å². The van der Waals surface area contributed by atoms with Crippen LogP contribution in [0.5, 0.6) is 0 Å². The van der Waals surface area contributed by atoms with Crippen molar-refractivity contribution in [2.45, 2.75) is 25.7 Å². The van der Waals surface area contributed by atoms with E-state index < -0.39 is 0 Å². The van der Waals surface area contributed by atoms with Gasteiger partial charge in [-0.25, -0.2) is 0 Å². The van der Waals surface area contributed by atoms with E-state index in [9.17, 15) is 4.79 Å². The molecule has 1 saturated carbocycles. The minimum Gasteiger partial charge on any atom is -0.294 e. The Kier molecular flexibility index (Phi) is 2.34. The van der Waals surface area contributed by atoms with Gasteiger partial charge in [0.15, 0.2) is 5.78 Å². The second-order valence-electron chi connectivity index (χ2n) is 5.78. The standard InChI is InChI=1S/C18H16O/c19-18(9-12-5-6-12)15-8-7-14-10-13-3-1-2-4-16(13)17(14)11-15/h1-4,7-8,11-12H,5-6,9-10H2. The molecule has 0 saturated heterocycles. The highest BCUT2D eigenvalue weighted by Crippen LogP contribution is 2.38. The van der Waals surface area contributed by atoms with Gasteiger partial charge >= 0.3 is 0 Å². The summed E-state index contributed by atoms with van der Waals surface area (Å²) in [4.78, 5) is 12.2. The second-order valence-corrected chi connectivity index (χ2v) is 5.78. The fraction of sp³-hybridized carbons (Fsp3) is 0.278. The Bertz CT molecular complexity index is 665. The molecular formula is C18H16O. The molecule has 0 aromatic heterocycles. The number of hydrogen-bond acceptors (Lipinski definition) is 1. The van der Waals surface area contributed by atoms with Crippen LogP contribution in [0.3, 0.4) is 0 Å². The fourth-order valence-corrected chi connectivity index (χ4v) is 3.00. The van der Waals surface area contributed by atoms with Crippen LogP contribution in [0.25, 0.3) is 11.1 Å². The second kappa shape index (κ2) is 4.06. The topological polar surface area (TPSA) is 17.1 Å². The van der Waals surface area contributed by atoms with Gasteiger partial charge in [0.05, 0.1) is 0 Å². The highest BCUT2D eigenvalue weighted by Gasteiger charge is 2.26. The van der Waals surface area contributed by atoms with Gasteiger partial charge in [0.2, 0.25) is 0 Å². The quantitative estimate of drug-likeness (QED) is 0.633. The molecule has 1 heteroatoms. The minimum absolute atomic E-state index is 0.315. The van der Waals surface area contributed by atoms with Crippen molar-refractivity contribution < 1.29 is 4.79 Å². The monoisotopic (exact) mass is 248 g/mol. The van der Waals surface area contributed by atoms with E-state index in [1.54, 1.807) is 0 Å². The molecule has 0 unspecified atom stereocenters. The van der Waals surface area contributed by atoms with Gasteiger partial charge in [0, 0.05) is 12.0 Å². The smallest absolute Gasteiger partial charge is 0.163 e. The number of Topliss-reactive ketones (excluding diaryl/α,β-unsaturated/α-hetero) is 1. The normalized spacial score (nSPS) is 16.0. The first-order valence-electron chi connectivity index (χ1n) is 7.05. The predicted molar refractivity (Wildman–Crippen MR) is 76.4 cm³/mol. The Balaban J connectivity index is 1.73. The van der Waals surface area contributed by atoms with Crippen LogP contribution >= 0.6 is 0 Å². The summed E-state index contributed by atoms with van der Waals surface area (Å²) >= 11 is 0. The molecule has 0 spiro atoms. The maximum atomic E-state index is 12.2. The van der Waals surface area contributed by atoms with Crippen molar-refractivity contribution in [2.75, 3.05) is 0 Å². The van der Waals surface area contributed by atoms with E-state index in [4.69, 9.17) is 0 Å². The summed E-state index contributed by atoms with van der Waals surface area (Å²) in [5.74, 6) is 0.975. The number of hydrogen-bond donors (Lipinski definition) is 0. The predicted octanol–water partition coefficient (Wildman–Crippen LogP) is 4.24. The van der Waals surface area contributed by atoms with Crippen molar-refractivity contribution in [1.29, 1.82) is 0 Å². The van der Waals surface area contributed by atoms with Gasteiger partial charge in [-0.15, -0.1) is 0 Å². The van der Waals surface area contributed by atoms with E-state index in [1.807, 2.05) is 6.07 Å². The number of carbonyl (C=O) groups is 1. The molecule has 0 heterocycles. The third-order valence-electron chi connectivity index (χ3n) is 4.29.